The first-order chi connectivity index (χ1) is 9.45. The highest BCUT2D eigenvalue weighted by molar-refractivity contribution is 6.31. The van der Waals surface area contributed by atoms with E-state index in [-0.39, 0.29) is 5.82 Å². The number of benzene rings is 1. The molecule has 1 N–H and O–H groups in total. The van der Waals surface area contributed by atoms with Gasteiger partial charge < -0.3 is 5.32 Å². The fourth-order valence-electron chi connectivity index (χ4n) is 1.95. The van der Waals surface area contributed by atoms with Gasteiger partial charge in [-0.05, 0) is 24.6 Å². The Morgan fingerprint density at radius 3 is 2.75 bits per heavy atom. The summed E-state index contributed by atoms with van der Waals surface area (Å²) in [6.45, 7) is 7.54. The number of hydrogen-bond donors (Lipinski definition) is 1. The van der Waals surface area contributed by atoms with E-state index in [1.807, 2.05) is 17.8 Å². The number of nitrogens with one attached hydrogen (secondary N) is 1. The van der Waals surface area contributed by atoms with Crippen LogP contribution in [0.1, 0.15) is 30.7 Å². The molecule has 0 saturated heterocycles. The molecule has 0 saturated carbocycles. The third kappa shape index (κ3) is 3.81. The second-order valence-electron chi connectivity index (χ2n) is 5.21. The first-order valence-corrected chi connectivity index (χ1v) is 7.03. The van der Waals surface area contributed by atoms with E-state index >= 15 is 0 Å². The van der Waals surface area contributed by atoms with Crippen LogP contribution in [0.2, 0.25) is 5.02 Å². The van der Waals surface area contributed by atoms with E-state index in [0.29, 0.717) is 17.6 Å². The third-order valence-corrected chi connectivity index (χ3v) is 3.45. The second-order valence-corrected chi connectivity index (χ2v) is 5.62. The maximum Gasteiger partial charge on any atom is 0.124 e. The number of nitrogens with zero attached hydrogens (tertiary/aromatic N) is 2. The van der Waals surface area contributed by atoms with Crippen LogP contribution in [0.3, 0.4) is 0 Å². The highest BCUT2D eigenvalue weighted by Gasteiger charge is 2.08. The van der Waals surface area contributed by atoms with Gasteiger partial charge in [0.25, 0.3) is 0 Å². The normalized spacial score (nSPS) is 11.3. The van der Waals surface area contributed by atoms with Crippen LogP contribution in [0.15, 0.2) is 24.4 Å². The number of aryl methyl sites for hydroxylation is 1. The minimum absolute atomic E-state index is 0.322. The van der Waals surface area contributed by atoms with Crippen LogP contribution in [-0.4, -0.2) is 15.8 Å². The van der Waals surface area contributed by atoms with Gasteiger partial charge in [-0.1, -0.05) is 31.5 Å². The molecular formula is C15H19ClFN3. The molecule has 0 bridgehead atoms. The Hall–Kier alpha value is -1.39. The summed E-state index contributed by atoms with van der Waals surface area (Å²) in [6, 6.07) is 4.87. The summed E-state index contributed by atoms with van der Waals surface area (Å²) in [6.07, 6.45) is 2.00. The molecule has 0 aliphatic heterocycles. The van der Waals surface area contributed by atoms with Gasteiger partial charge in [0.05, 0.1) is 12.2 Å². The first kappa shape index (κ1) is 15.0. The molecule has 20 heavy (non-hydrogen) atoms. The monoisotopic (exact) mass is 295 g/mol. The Labute approximate surface area is 123 Å². The smallest absolute Gasteiger partial charge is 0.124 e. The quantitative estimate of drug-likeness (QED) is 0.914. The van der Waals surface area contributed by atoms with Crippen molar-refractivity contribution in [1.29, 1.82) is 0 Å². The van der Waals surface area contributed by atoms with Crippen LogP contribution < -0.4 is 5.32 Å². The summed E-state index contributed by atoms with van der Waals surface area (Å²) in [5.74, 6) is -0.322. The number of halogens is 2. The minimum atomic E-state index is -0.322. The van der Waals surface area contributed by atoms with E-state index in [1.165, 1.54) is 12.1 Å². The Morgan fingerprint density at radius 1 is 1.35 bits per heavy atom. The van der Waals surface area contributed by atoms with Crippen molar-refractivity contribution < 1.29 is 4.39 Å². The molecule has 0 amide bonds. The molecule has 1 aromatic carbocycles. The van der Waals surface area contributed by atoms with Crippen molar-refractivity contribution >= 4 is 11.6 Å². The van der Waals surface area contributed by atoms with Crippen LogP contribution in [0.5, 0.6) is 0 Å². The van der Waals surface area contributed by atoms with Crippen LogP contribution in [0.25, 0.3) is 0 Å². The van der Waals surface area contributed by atoms with Crippen LogP contribution in [0, 0.1) is 12.7 Å². The Morgan fingerprint density at radius 2 is 2.10 bits per heavy atom. The SMILES string of the molecule is Cc1nn(Cc2ccc(F)cc2Cl)cc1CNC(C)C. The van der Waals surface area contributed by atoms with Crippen molar-refractivity contribution in [3.8, 4) is 0 Å². The second kappa shape index (κ2) is 6.37. The van der Waals surface area contributed by atoms with Crippen molar-refractivity contribution in [3.63, 3.8) is 0 Å². The Balaban J connectivity index is 2.12. The van der Waals surface area contributed by atoms with Gasteiger partial charge >= 0.3 is 0 Å². The predicted molar refractivity (Wildman–Crippen MR) is 79.5 cm³/mol. The van der Waals surface area contributed by atoms with Crippen LogP contribution in [-0.2, 0) is 13.1 Å². The number of hydrogen-bond acceptors (Lipinski definition) is 2. The summed E-state index contributed by atoms with van der Waals surface area (Å²) in [7, 11) is 0. The lowest BCUT2D eigenvalue weighted by Gasteiger charge is -2.06. The lowest BCUT2D eigenvalue weighted by atomic mass is 10.2. The van der Waals surface area contributed by atoms with E-state index in [1.54, 1.807) is 6.07 Å². The Bertz CT molecular complexity index is 593. The van der Waals surface area contributed by atoms with Crippen molar-refractivity contribution in [3.05, 3.63) is 52.1 Å². The van der Waals surface area contributed by atoms with Gasteiger partial charge in [0, 0.05) is 29.4 Å². The molecule has 2 aromatic rings. The highest BCUT2D eigenvalue weighted by atomic mass is 35.5. The molecule has 1 aromatic heterocycles. The number of aromatic nitrogens is 2. The maximum absolute atomic E-state index is 13.0. The van der Waals surface area contributed by atoms with Crippen molar-refractivity contribution in [1.82, 2.24) is 15.1 Å². The standard InChI is InChI=1S/C15H19ClFN3/c1-10(2)18-7-13-9-20(19-11(13)3)8-12-4-5-14(17)6-15(12)16/h4-6,9-10,18H,7-8H2,1-3H3. The van der Waals surface area contributed by atoms with Crippen molar-refractivity contribution in [2.45, 2.75) is 39.9 Å². The molecule has 108 valence electrons. The molecule has 3 nitrogen and oxygen atoms in total. The lowest BCUT2D eigenvalue weighted by Crippen LogP contribution is -2.21. The van der Waals surface area contributed by atoms with Gasteiger partial charge in [0.2, 0.25) is 0 Å². The van der Waals surface area contributed by atoms with Crippen LogP contribution in [0.4, 0.5) is 4.39 Å². The first-order valence-electron chi connectivity index (χ1n) is 6.66. The van der Waals surface area contributed by atoms with Crippen molar-refractivity contribution in [2.24, 2.45) is 0 Å². The zero-order valence-corrected chi connectivity index (χ0v) is 12.7. The molecule has 0 aliphatic carbocycles. The molecule has 0 spiro atoms. The minimum Gasteiger partial charge on any atom is -0.310 e. The zero-order valence-electron chi connectivity index (χ0n) is 12.0. The van der Waals surface area contributed by atoms with Gasteiger partial charge in [0.15, 0.2) is 0 Å². The zero-order chi connectivity index (χ0) is 14.7. The summed E-state index contributed by atoms with van der Waals surface area (Å²) >= 11 is 6.04. The highest BCUT2D eigenvalue weighted by Crippen LogP contribution is 2.18. The molecule has 0 fully saturated rings. The van der Waals surface area contributed by atoms with Gasteiger partial charge in [-0.3, -0.25) is 4.68 Å². The fraction of sp³-hybridized carbons (Fsp3) is 0.400. The van der Waals surface area contributed by atoms with Gasteiger partial charge in [0.1, 0.15) is 5.82 Å². The summed E-state index contributed by atoms with van der Waals surface area (Å²) in [5.41, 5.74) is 3.02. The summed E-state index contributed by atoms with van der Waals surface area (Å²) < 4.78 is 14.9. The maximum atomic E-state index is 13.0. The lowest BCUT2D eigenvalue weighted by molar-refractivity contribution is 0.587. The van der Waals surface area contributed by atoms with E-state index in [4.69, 9.17) is 11.6 Å². The van der Waals surface area contributed by atoms with E-state index in [0.717, 1.165) is 23.4 Å². The average Bonchev–Trinajstić information content (AvgIpc) is 2.71. The molecule has 0 atom stereocenters. The predicted octanol–water partition coefficient (Wildman–Crippen LogP) is 3.53. The molecule has 5 heteroatoms. The molecular weight excluding hydrogens is 277 g/mol. The topological polar surface area (TPSA) is 29.9 Å². The van der Waals surface area contributed by atoms with Crippen molar-refractivity contribution in [2.75, 3.05) is 0 Å². The van der Waals surface area contributed by atoms with E-state index < -0.39 is 0 Å². The van der Waals surface area contributed by atoms with E-state index in [9.17, 15) is 4.39 Å². The molecule has 0 radical (unpaired) electrons. The van der Waals surface area contributed by atoms with E-state index in [2.05, 4.69) is 24.3 Å². The largest absolute Gasteiger partial charge is 0.310 e. The molecule has 0 unspecified atom stereocenters. The Kier molecular flexibility index (Phi) is 4.78. The number of rotatable bonds is 5. The third-order valence-electron chi connectivity index (χ3n) is 3.10. The summed E-state index contributed by atoms with van der Waals surface area (Å²) in [5, 5.41) is 8.27. The van der Waals surface area contributed by atoms with Gasteiger partial charge in [-0.15, -0.1) is 0 Å². The molecule has 0 aliphatic rings. The average molecular weight is 296 g/mol. The fourth-order valence-corrected chi connectivity index (χ4v) is 2.18. The van der Waals surface area contributed by atoms with Gasteiger partial charge in [-0.25, -0.2) is 4.39 Å². The van der Waals surface area contributed by atoms with Gasteiger partial charge in [-0.2, -0.15) is 5.10 Å². The van der Waals surface area contributed by atoms with Crippen LogP contribution >= 0.6 is 11.6 Å². The molecule has 1 heterocycles. The summed E-state index contributed by atoms with van der Waals surface area (Å²) in [4.78, 5) is 0. The molecule has 2 rings (SSSR count).